The number of aliphatic hydroxyl groups is 1. The minimum Gasteiger partial charge on any atom is -0.497 e. The van der Waals surface area contributed by atoms with Crippen molar-refractivity contribution >= 4 is 15.9 Å². The molecule has 0 aliphatic heterocycles. The molecule has 21 heavy (non-hydrogen) atoms. The van der Waals surface area contributed by atoms with E-state index in [1.165, 1.54) is 5.56 Å². The number of likely N-dealkylation sites (N-methyl/N-ethyl adjacent to an activating group) is 1. The van der Waals surface area contributed by atoms with Crippen molar-refractivity contribution in [3.05, 3.63) is 64.1 Å². The van der Waals surface area contributed by atoms with Crippen molar-refractivity contribution in [3.8, 4) is 5.75 Å². The molecule has 0 fully saturated rings. The molecule has 0 radical (unpaired) electrons. The van der Waals surface area contributed by atoms with Crippen molar-refractivity contribution in [2.24, 2.45) is 0 Å². The number of methoxy groups -OCH3 is 1. The molecule has 0 heterocycles. The van der Waals surface area contributed by atoms with Gasteiger partial charge in [0.25, 0.3) is 0 Å². The summed E-state index contributed by atoms with van der Waals surface area (Å²) in [5.41, 5.74) is 2.12. The molecule has 0 aliphatic rings. The minimum atomic E-state index is -0.506. The van der Waals surface area contributed by atoms with Crippen molar-refractivity contribution in [3.63, 3.8) is 0 Å². The second-order valence-corrected chi connectivity index (χ2v) is 6.03. The van der Waals surface area contributed by atoms with E-state index in [0.29, 0.717) is 6.54 Å². The highest BCUT2D eigenvalue weighted by Gasteiger charge is 2.11. The van der Waals surface area contributed by atoms with Crippen molar-refractivity contribution in [2.75, 3.05) is 20.7 Å². The van der Waals surface area contributed by atoms with Gasteiger partial charge in [0.15, 0.2) is 0 Å². The van der Waals surface area contributed by atoms with E-state index in [1.807, 2.05) is 43.4 Å². The van der Waals surface area contributed by atoms with Gasteiger partial charge in [0, 0.05) is 17.6 Å². The fourth-order valence-corrected chi connectivity index (χ4v) is 2.68. The molecule has 2 aromatic carbocycles. The Bertz CT molecular complexity index is 571. The van der Waals surface area contributed by atoms with Gasteiger partial charge >= 0.3 is 0 Å². The van der Waals surface area contributed by atoms with Gasteiger partial charge in [-0.05, 0) is 42.4 Å². The fourth-order valence-electron chi connectivity index (χ4n) is 2.24. The number of rotatable bonds is 6. The summed E-state index contributed by atoms with van der Waals surface area (Å²) in [6.45, 7) is 1.38. The first kappa shape index (κ1) is 16.0. The number of halogens is 1. The van der Waals surface area contributed by atoms with Crippen LogP contribution in [0.5, 0.6) is 5.75 Å². The molecule has 0 aliphatic carbocycles. The van der Waals surface area contributed by atoms with E-state index in [9.17, 15) is 5.11 Å². The fraction of sp³-hybridized carbons (Fsp3) is 0.294. The lowest BCUT2D eigenvalue weighted by Crippen LogP contribution is -2.24. The maximum absolute atomic E-state index is 10.3. The molecule has 1 atom stereocenters. The Labute approximate surface area is 134 Å². The number of aliphatic hydroxyl groups excluding tert-OH is 1. The zero-order valence-corrected chi connectivity index (χ0v) is 13.9. The third-order valence-corrected chi connectivity index (χ3v) is 3.82. The van der Waals surface area contributed by atoms with Crippen molar-refractivity contribution in [1.29, 1.82) is 0 Å². The molecular formula is C17H20BrNO2. The summed E-state index contributed by atoms with van der Waals surface area (Å²) in [6, 6.07) is 15.7. The maximum atomic E-state index is 10.3. The van der Waals surface area contributed by atoms with Crippen LogP contribution in [0.25, 0.3) is 0 Å². The third kappa shape index (κ3) is 4.84. The van der Waals surface area contributed by atoms with Crippen molar-refractivity contribution < 1.29 is 9.84 Å². The first-order valence-electron chi connectivity index (χ1n) is 6.83. The topological polar surface area (TPSA) is 32.7 Å². The van der Waals surface area contributed by atoms with Gasteiger partial charge in [-0.15, -0.1) is 0 Å². The summed E-state index contributed by atoms with van der Waals surface area (Å²) in [5, 5.41) is 10.3. The van der Waals surface area contributed by atoms with Gasteiger partial charge in [0.1, 0.15) is 5.75 Å². The molecule has 2 aromatic rings. The largest absolute Gasteiger partial charge is 0.497 e. The third-order valence-electron chi connectivity index (χ3n) is 3.33. The van der Waals surface area contributed by atoms with E-state index < -0.39 is 6.10 Å². The van der Waals surface area contributed by atoms with E-state index in [4.69, 9.17) is 4.74 Å². The van der Waals surface area contributed by atoms with Crippen LogP contribution in [-0.4, -0.2) is 30.7 Å². The zero-order valence-electron chi connectivity index (χ0n) is 12.3. The molecule has 1 unspecified atom stereocenters. The van der Waals surface area contributed by atoms with E-state index in [0.717, 1.165) is 22.3 Å². The first-order valence-corrected chi connectivity index (χ1v) is 7.63. The number of nitrogens with zero attached hydrogens (tertiary/aromatic N) is 1. The monoisotopic (exact) mass is 349 g/mol. The highest BCUT2D eigenvalue weighted by Crippen LogP contribution is 2.19. The van der Waals surface area contributed by atoms with E-state index in [2.05, 4.69) is 33.0 Å². The normalized spacial score (nSPS) is 12.4. The Kier molecular flexibility index (Phi) is 5.79. The SMILES string of the molecule is COc1ccc(C(O)CN(C)Cc2cccc(Br)c2)cc1. The van der Waals surface area contributed by atoms with E-state index in [1.54, 1.807) is 7.11 Å². The van der Waals surface area contributed by atoms with Crippen LogP contribution in [0.3, 0.4) is 0 Å². The van der Waals surface area contributed by atoms with E-state index >= 15 is 0 Å². The number of hydrogen-bond acceptors (Lipinski definition) is 3. The van der Waals surface area contributed by atoms with E-state index in [-0.39, 0.29) is 0 Å². The Morgan fingerprint density at radius 1 is 1.19 bits per heavy atom. The molecule has 0 aromatic heterocycles. The van der Waals surface area contributed by atoms with Gasteiger partial charge in [-0.1, -0.05) is 40.2 Å². The Hall–Kier alpha value is -1.36. The molecule has 2 rings (SSSR count). The van der Waals surface area contributed by atoms with Crippen molar-refractivity contribution in [2.45, 2.75) is 12.6 Å². The van der Waals surface area contributed by atoms with Gasteiger partial charge < -0.3 is 9.84 Å². The number of ether oxygens (including phenoxy) is 1. The Morgan fingerprint density at radius 3 is 2.52 bits per heavy atom. The van der Waals surface area contributed by atoms with Gasteiger partial charge in [-0.25, -0.2) is 0 Å². The van der Waals surface area contributed by atoms with Crippen LogP contribution in [0.4, 0.5) is 0 Å². The molecule has 3 nitrogen and oxygen atoms in total. The number of benzene rings is 2. The molecule has 0 amide bonds. The van der Waals surface area contributed by atoms with Crippen molar-refractivity contribution in [1.82, 2.24) is 4.90 Å². The van der Waals surface area contributed by atoms with Crippen LogP contribution >= 0.6 is 15.9 Å². The van der Waals surface area contributed by atoms with Crippen LogP contribution in [0.1, 0.15) is 17.2 Å². The molecular weight excluding hydrogens is 330 g/mol. The van der Waals surface area contributed by atoms with Crippen LogP contribution in [0.2, 0.25) is 0 Å². The Morgan fingerprint density at radius 2 is 1.90 bits per heavy atom. The molecule has 112 valence electrons. The minimum absolute atomic E-state index is 0.506. The summed E-state index contributed by atoms with van der Waals surface area (Å²) in [7, 11) is 3.64. The summed E-state index contributed by atoms with van der Waals surface area (Å²) < 4.78 is 6.20. The average molecular weight is 350 g/mol. The smallest absolute Gasteiger partial charge is 0.118 e. The molecule has 0 saturated carbocycles. The summed E-state index contributed by atoms with van der Waals surface area (Å²) in [6.07, 6.45) is -0.506. The lowest BCUT2D eigenvalue weighted by Gasteiger charge is -2.21. The predicted octanol–water partition coefficient (Wildman–Crippen LogP) is 3.62. The van der Waals surface area contributed by atoms with Gasteiger partial charge in [0.2, 0.25) is 0 Å². The highest BCUT2D eigenvalue weighted by molar-refractivity contribution is 9.10. The molecule has 0 bridgehead atoms. The second kappa shape index (κ2) is 7.59. The standard InChI is InChI=1S/C17H20BrNO2/c1-19(11-13-4-3-5-15(18)10-13)12-17(20)14-6-8-16(21-2)9-7-14/h3-10,17,20H,11-12H2,1-2H3. The molecule has 0 spiro atoms. The van der Waals surface area contributed by atoms with Gasteiger partial charge in [-0.3, -0.25) is 4.90 Å². The molecule has 1 N–H and O–H groups in total. The van der Waals surface area contributed by atoms with Gasteiger partial charge in [-0.2, -0.15) is 0 Å². The first-order chi connectivity index (χ1) is 10.1. The zero-order chi connectivity index (χ0) is 15.2. The molecule has 4 heteroatoms. The van der Waals surface area contributed by atoms with Crippen LogP contribution in [-0.2, 0) is 6.54 Å². The molecule has 0 saturated heterocycles. The lowest BCUT2D eigenvalue weighted by molar-refractivity contribution is 0.124. The van der Waals surface area contributed by atoms with Crippen LogP contribution in [0, 0.1) is 0 Å². The number of hydrogen-bond donors (Lipinski definition) is 1. The highest BCUT2D eigenvalue weighted by atomic mass is 79.9. The lowest BCUT2D eigenvalue weighted by atomic mass is 10.1. The van der Waals surface area contributed by atoms with Crippen LogP contribution < -0.4 is 4.74 Å². The predicted molar refractivity (Wildman–Crippen MR) is 88.4 cm³/mol. The summed E-state index contributed by atoms with van der Waals surface area (Å²) in [5.74, 6) is 0.799. The summed E-state index contributed by atoms with van der Waals surface area (Å²) in [4.78, 5) is 2.11. The average Bonchev–Trinajstić information content (AvgIpc) is 2.47. The van der Waals surface area contributed by atoms with Crippen LogP contribution in [0.15, 0.2) is 53.0 Å². The maximum Gasteiger partial charge on any atom is 0.118 e. The van der Waals surface area contributed by atoms with Gasteiger partial charge in [0.05, 0.1) is 13.2 Å². The Balaban J connectivity index is 1.93. The second-order valence-electron chi connectivity index (χ2n) is 5.12. The quantitative estimate of drug-likeness (QED) is 0.864. The summed E-state index contributed by atoms with van der Waals surface area (Å²) >= 11 is 3.47.